The Morgan fingerprint density at radius 2 is 2.17 bits per heavy atom. The third kappa shape index (κ3) is 2.05. The number of rotatable bonds is 2. The molecule has 2 aliphatic rings. The highest BCUT2D eigenvalue weighted by atomic mass is 32.2. The van der Waals surface area contributed by atoms with Crippen molar-refractivity contribution in [2.24, 2.45) is 5.73 Å². The molecule has 2 unspecified atom stereocenters. The lowest BCUT2D eigenvalue weighted by atomic mass is 10.1. The summed E-state index contributed by atoms with van der Waals surface area (Å²) in [6.07, 6.45) is 3.88. The number of nitrogens with zero attached hydrogens (tertiary/aromatic N) is 3. The van der Waals surface area contributed by atoms with E-state index in [0.717, 1.165) is 38.1 Å². The van der Waals surface area contributed by atoms with Crippen molar-refractivity contribution in [1.29, 1.82) is 0 Å². The third-order valence-corrected chi connectivity index (χ3v) is 6.11. The highest BCUT2D eigenvalue weighted by molar-refractivity contribution is 7.92. The van der Waals surface area contributed by atoms with Crippen molar-refractivity contribution >= 4 is 9.84 Å². The van der Waals surface area contributed by atoms with E-state index in [1.54, 1.807) is 0 Å². The summed E-state index contributed by atoms with van der Waals surface area (Å²) < 4.78 is 25.4. The SMILES string of the molecule is NC1CCCn2nc(CC3CCCS3(=O)=O)nc21. The van der Waals surface area contributed by atoms with Gasteiger partial charge in [0, 0.05) is 13.0 Å². The van der Waals surface area contributed by atoms with Crippen LogP contribution in [0.15, 0.2) is 0 Å². The van der Waals surface area contributed by atoms with Crippen LogP contribution in [-0.2, 0) is 22.8 Å². The van der Waals surface area contributed by atoms with Gasteiger partial charge in [-0.1, -0.05) is 0 Å². The van der Waals surface area contributed by atoms with Crippen molar-refractivity contribution in [2.45, 2.75) is 49.9 Å². The lowest BCUT2D eigenvalue weighted by molar-refractivity contribution is 0.421. The zero-order chi connectivity index (χ0) is 12.8. The first-order valence-electron chi connectivity index (χ1n) is 6.47. The lowest BCUT2D eigenvalue weighted by Crippen LogP contribution is -2.22. The molecule has 2 aliphatic heterocycles. The van der Waals surface area contributed by atoms with Crippen LogP contribution in [0.1, 0.15) is 43.4 Å². The number of hydrogen-bond acceptors (Lipinski definition) is 5. The molecular formula is C11H18N4O2S. The van der Waals surface area contributed by atoms with Crippen molar-refractivity contribution in [3.05, 3.63) is 11.6 Å². The quantitative estimate of drug-likeness (QED) is 0.828. The van der Waals surface area contributed by atoms with Gasteiger partial charge in [-0.05, 0) is 25.7 Å². The van der Waals surface area contributed by atoms with Gasteiger partial charge in [-0.3, -0.25) is 0 Å². The molecule has 2 N–H and O–H groups in total. The Labute approximate surface area is 106 Å². The summed E-state index contributed by atoms with van der Waals surface area (Å²) in [6.45, 7) is 0.841. The minimum atomic E-state index is -2.92. The summed E-state index contributed by atoms with van der Waals surface area (Å²) in [5, 5.41) is 4.10. The van der Waals surface area contributed by atoms with E-state index in [1.165, 1.54) is 0 Å². The molecule has 100 valence electrons. The fourth-order valence-corrected chi connectivity index (χ4v) is 4.64. The molecule has 1 aromatic rings. The van der Waals surface area contributed by atoms with Gasteiger partial charge in [0.1, 0.15) is 5.82 Å². The Bertz CT molecular complexity index is 551. The molecule has 3 rings (SSSR count). The molecule has 1 saturated heterocycles. The third-order valence-electron chi connectivity index (χ3n) is 3.83. The second-order valence-electron chi connectivity index (χ2n) is 5.19. The molecule has 0 aliphatic carbocycles. The smallest absolute Gasteiger partial charge is 0.153 e. The van der Waals surface area contributed by atoms with E-state index >= 15 is 0 Å². The normalized spacial score (nSPS) is 30.3. The molecule has 2 atom stereocenters. The second-order valence-corrected chi connectivity index (χ2v) is 7.59. The summed E-state index contributed by atoms with van der Waals surface area (Å²) in [6, 6.07) is -0.0554. The molecule has 0 amide bonds. The van der Waals surface area contributed by atoms with E-state index in [9.17, 15) is 8.42 Å². The minimum Gasteiger partial charge on any atom is -0.321 e. The summed E-state index contributed by atoms with van der Waals surface area (Å²) in [5.41, 5.74) is 5.98. The predicted octanol–water partition coefficient (Wildman–Crippen LogP) is 0.191. The number of fused-ring (bicyclic) bond motifs is 1. The van der Waals surface area contributed by atoms with E-state index in [4.69, 9.17) is 5.73 Å². The van der Waals surface area contributed by atoms with Crippen LogP contribution in [0.2, 0.25) is 0 Å². The molecule has 1 aromatic heterocycles. The fourth-order valence-electron chi connectivity index (χ4n) is 2.81. The van der Waals surface area contributed by atoms with Gasteiger partial charge in [0.2, 0.25) is 0 Å². The first kappa shape index (κ1) is 12.1. The lowest BCUT2D eigenvalue weighted by Gasteiger charge is -2.17. The van der Waals surface area contributed by atoms with Crippen LogP contribution in [0.3, 0.4) is 0 Å². The molecule has 0 saturated carbocycles. The first-order chi connectivity index (χ1) is 8.56. The van der Waals surface area contributed by atoms with E-state index in [-0.39, 0.29) is 11.3 Å². The van der Waals surface area contributed by atoms with Crippen LogP contribution >= 0.6 is 0 Å². The van der Waals surface area contributed by atoms with E-state index in [2.05, 4.69) is 10.1 Å². The zero-order valence-electron chi connectivity index (χ0n) is 10.2. The zero-order valence-corrected chi connectivity index (χ0v) is 11.1. The maximum absolute atomic E-state index is 11.8. The van der Waals surface area contributed by atoms with Gasteiger partial charge in [0.15, 0.2) is 15.7 Å². The van der Waals surface area contributed by atoms with Crippen LogP contribution in [0, 0.1) is 0 Å². The van der Waals surface area contributed by atoms with Crippen molar-refractivity contribution in [1.82, 2.24) is 14.8 Å². The van der Waals surface area contributed by atoms with Crippen molar-refractivity contribution < 1.29 is 8.42 Å². The van der Waals surface area contributed by atoms with Gasteiger partial charge in [-0.25, -0.2) is 18.1 Å². The van der Waals surface area contributed by atoms with Crippen molar-refractivity contribution in [2.75, 3.05) is 5.75 Å². The van der Waals surface area contributed by atoms with Crippen LogP contribution in [-0.4, -0.2) is 34.2 Å². The molecule has 3 heterocycles. The van der Waals surface area contributed by atoms with Crippen LogP contribution in [0.5, 0.6) is 0 Å². The Balaban J connectivity index is 1.82. The van der Waals surface area contributed by atoms with Crippen molar-refractivity contribution in [3.8, 4) is 0 Å². The number of hydrogen-bond donors (Lipinski definition) is 1. The standard InChI is InChI=1S/C11H18N4O2S/c12-9-4-1-5-15-11(9)13-10(14-15)7-8-3-2-6-18(8,16)17/h8-9H,1-7,12H2. The van der Waals surface area contributed by atoms with Crippen LogP contribution in [0.25, 0.3) is 0 Å². The molecule has 1 fully saturated rings. The van der Waals surface area contributed by atoms with E-state index in [1.807, 2.05) is 4.68 Å². The maximum atomic E-state index is 11.8. The molecule has 0 spiro atoms. The molecule has 18 heavy (non-hydrogen) atoms. The molecule has 0 radical (unpaired) electrons. The molecule has 0 aromatic carbocycles. The monoisotopic (exact) mass is 270 g/mol. The second kappa shape index (κ2) is 4.31. The largest absolute Gasteiger partial charge is 0.321 e. The Hall–Kier alpha value is -0.950. The van der Waals surface area contributed by atoms with Gasteiger partial charge < -0.3 is 5.73 Å². The summed E-state index contributed by atoms with van der Waals surface area (Å²) in [7, 11) is -2.92. The van der Waals surface area contributed by atoms with Gasteiger partial charge in [0.05, 0.1) is 17.0 Å². The van der Waals surface area contributed by atoms with Crippen LogP contribution in [0.4, 0.5) is 0 Å². The number of nitrogens with two attached hydrogens (primary N) is 1. The summed E-state index contributed by atoms with van der Waals surface area (Å²) in [4.78, 5) is 4.42. The van der Waals surface area contributed by atoms with Gasteiger partial charge >= 0.3 is 0 Å². The number of aryl methyl sites for hydroxylation is 1. The minimum absolute atomic E-state index is 0.0554. The molecule has 6 nitrogen and oxygen atoms in total. The summed E-state index contributed by atoms with van der Waals surface area (Å²) in [5.74, 6) is 1.76. The summed E-state index contributed by atoms with van der Waals surface area (Å²) >= 11 is 0. The highest BCUT2D eigenvalue weighted by Gasteiger charge is 2.33. The predicted molar refractivity (Wildman–Crippen MR) is 66.7 cm³/mol. The van der Waals surface area contributed by atoms with Gasteiger partial charge in [-0.2, -0.15) is 5.10 Å². The Morgan fingerprint density at radius 3 is 2.83 bits per heavy atom. The van der Waals surface area contributed by atoms with Crippen molar-refractivity contribution in [3.63, 3.8) is 0 Å². The molecule has 0 bridgehead atoms. The van der Waals surface area contributed by atoms with Crippen LogP contribution < -0.4 is 5.73 Å². The van der Waals surface area contributed by atoms with E-state index in [0.29, 0.717) is 18.0 Å². The Kier molecular flexibility index (Phi) is 2.90. The Morgan fingerprint density at radius 1 is 1.33 bits per heavy atom. The van der Waals surface area contributed by atoms with E-state index < -0.39 is 9.84 Å². The molecule has 7 heteroatoms. The van der Waals surface area contributed by atoms with Gasteiger partial charge in [-0.15, -0.1) is 0 Å². The average molecular weight is 270 g/mol. The number of aromatic nitrogens is 3. The maximum Gasteiger partial charge on any atom is 0.153 e. The number of sulfone groups is 1. The van der Waals surface area contributed by atoms with Gasteiger partial charge in [0.25, 0.3) is 0 Å². The average Bonchev–Trinajstić information content (AvgIpc) is 2.84. The topological polar surface area (TPSA) is 90.9 Å². The molecular weight excluding hydrogens is 252 g/mol. The highest BCUT2D eigenvalue weighted by Crippen LogP contribution is 2.25. The fraction of sp³-hybridized carbons (Fsp3) is 0.818. The first-order valence-corrected chi connectivity index (χ1v) is 8.18.